The van der Waals surface area contributed by atoms with E-state index in [2.05, 4.69) is 0 Å². The maximum atomic E-state index is 13.3. The molecule has 0 aromatic carbocycles. The second-order valence-electron chi connectivity index (χ2n) is 5.41. The zero-order chi connectivity index (χ0) is 11.2. The smallest absolute Gasteiger partial charge is 0.410 e. The third kappa shape index (κ3) is 2.08. The maximum absolute atomic E-state index is 13.3. The van der Waals surface area contributed by atoms with Gasteiger partial charge in [0.1, 0.15) is 11.8 Å². The van der Waals surface area contributed by atoms with Crippen molar-refractivity contribution >= 4 is 6.09 Å². The number of carbonyl (C=O) groups is 1. The molecule has 2 aliphatic rings. The molecule has 3 atom stereocenters. The summed E-state index contributed by atoms with van der Waals surface area (Å²) in [5.74, 6) is 0.0752. The molecule has 3 nitrogen and oxygen atoms in total. The number of hydrogen-bond acceptors (Lipinski definition) is 2. The van der Waals surface area contributed by atoms with E-state index in [1.165, 1.54) is 0 Å². The molecule has 1 heterocycles. The van der Waals surface area contributed by atoms with Gasteiger partial charge in [-0.15, -0.1) is 0 Å². The van der Waals surface area contributed by atoms with Crippen molar-refractivity contribution in [3.05, 3.63) is 0 Å². The molecule has 1 aliphatic heterocycles. The van der Waals surface area contributed by atoms with Crippen molar-refractivity contribution in [2.45, 2.75) is 51.4 Å². The average molecular weight is 215 g/mol. The van der Waals surface area contributed by atoms with E-state index in [1.54, 1.807) is 4.90 Å². The van der Waals surface area contributed by atoms with Crippen molar-refractivity contribution in [2.75, 3.05) is 6.54 Å². The van der Waals surface area contributed by atoms with Crippen LogP contribution in [0.5, 0.6) is 0 Å². The number of amides is 1. The number of rotatable bonds is 0. The Morgan fingerprint density at radius 1 is 1.47 bits per heavy atom. The highest BCUT2D eigenvalue weighted by Gasteiger charge is 2.58. The molecule has 86 valence electrons. The van der Waals surface area contributed by atoms with Gasteiger partial charge in [0.15, 0.2) is 0 Å². The Morgan fingerprint density at radius 3 is 2.73 bits per heavy atom. The summed E-state index contributed by atoms with van der Waals surface area (Å²) in [6, 6.07) is -0.200. The zero-order valence-corrected chi connectivity index (χ0v) is 9.50. The van der Waals surface area contributed by atoms with Crippen LogP contribution in [-0.2, 0) is 4.74 Å². The van der Waals surface area contributed by atoms with Gasteiger partial charge in [-0.2, -0.15) is 0 Å². The van der Waals surface area contributed by atoms with E-state index in [0.29, 0.717) is 6.54 Å². The lowest BCUT2D eigenvalue weighted by molar-refractivity contribution is 0.0185. The van der Waals surface area contributed by atoms with Gasteiger partial charge in [0.2, 0.25) is 0 Å². The molecule has 4 heteroatoms. The molecule has 0 radical (unpaired) electrons. The highest BCUT2D eigenvalue weighted by atomic mass is 19.1. The maximum Gasteiger partial charge on any atom is 0.410 e. The van der Waals surface area contributed by atoms with Crippen LogP contribution in [0.15, 0.2) is 0 Å². The number of piperidine rings is 1. The second kappa shape index (κ2) is 3.35. The minimum Gasteiger partial charge on any atom is -0.444 e. The summed E-state index contributed by atoms with van der Waals surface area (Å²) in [5, 5.41) is 0. The van der Waals surface area contributed by atoms with E-state index < -0.39 is 11.8 Å². The topological polar surface area (TPSA) is 29.5 Å². The molecule has 2 rings (SSSR count). The Bertz CT molecular complexity index is 274. The number of nitrogens with zero attached hydrogens (tertiary/aromatic N) is 1. The Morgan fingerprint density at radius 2 is 2.13 bits per heavy atom. The summed E-state index contributed by atoms with van der Waals surface area (Å²) in [5.41, 5.74) is -0.495. The van der Waals surface area contributed by atoms with Gasteiger partial charge in [-0.3, -0.25) is 0 Å². The molecule has 0 N–H and O–H groups in total. The molecule has 0 spiro atoms. The van der Waals surface area contributed by atoms with Crippen LogP contribution in [0, 0.1) is 5.92 Å². The fourth-order valence-electron chi connectivity index (χ4n) is 2.23. The van der Waals surface area contributed by atoms with Gasteiger partial charge >= 0.3 is 6.09 Å². The quantitative estimate of drug-likeness (QED) is 0.620. The van der Waals surface area contributed by atoms with Crippen molar-refractivity contribution in [3.63, 3.8) is 0 Å². The molecular weight excluding hydrogens is 197 g/mol. The van der Waals surface area contributed by atoms with E-state index in [0.717, 1.165) is 12.8 Å². The predicted octanol–water partition coefficient (Wildman–Crippen LogP) is 2.35. The van der Waals surface area contributed by atoms with Gasteiger partial charge in [0.05, 0.1) is 6.04 Å². The molecule has 1 saturated heterocycles. The first-order valence-electron chi connectivity index (χ1n) is 5.54. The molecule has 0 aromatic rings. The molecule has 15 heavy (non-hydrogen) atoms. The van der Waals surface area contributed by atoms with Gasteiger partial charge in [-0.05, 0) is 33.6 Å². The number of carbonyl (C=O) groups excluding carboxylic acids is 1. The fraction of sp³-hybridized carbons (Fsp3) is 0.909. The third-order valence-corrected chi connectivity index (χ3v) is 2.96. The van der Waals surface area contributed by atoms with Crippen LogP contribution < -0.4 is 0 Å². The van der Waals surface area contributed by atoms with Gasteiger partial charge in [0.25, 0.3) is 0 Å². The van der Waals surface area contributed by atoms with Crippen LogP contribution in [-0.4, -0.2) is 35.4 Å². The number of likely N-dealkylation sites (tertiary alicyclic amines) is 1. The summed E-state index contributed by atoms with van der Waals surface area (Å²) >= 11 is 0. The number of hydrogen-bond donors (Lipinski definition) is 0. The number of ether oxygens (including phenoxy) is 1. The molecule has 1 saturated carbocycles. The summed E-state index contributed by atoms with van der Waals surface area (Å²) in [6.07, 6.45) is 0.615. The number of alkyl halides is 1. The van der Waals surface area contributed by atoms with Gasteiger partial charge in [0, 0.05) is 12.5 Å². The first-order chi connectivity index (χ1) is 6.90. The van der Waals surface area contributed by atoms with Crippen LogP contribution in [0.3, 0.4) is 0 Å². The molecule has 1 unspecified atom stereocenters. The lowest BCUT2D eigenvalue weighted by atomic mass is 10.1. The van der Waals surface area contributed by atoms with Gasteiger partial charge in [-0.1, -0.05) is 0 Å². The van der Waals surface area contributed by atoms with Crippen molar-refractivity contribution in [2.24, 2.45) is 5.92 Å². The van der Waals surface area contributed by atoms with Crippen molar-refractivity contribution in [1.82, 2.24) is 4.90 Å². The van der Waals surface area contributed by atoms with E-state index in [-0.39, 0.29) is 18.1 Å². The monoisotopic (exact) mass is 215 g/mol. The minimum absolute atomic E-state index is 0.0752. The van der Waals surface area contributed by atoms with Crippen LogP contribution in [0.2, 0.25) is 0 Å². The predicted molar refractivity (Wildman–Crippen MR) is 54.3 cm³/mol. The van der Waals surface area contributed by atoms with E-state index >= 15 is 0 Å². The number of halogens is 1. The summed E-state index contributed by atoms with van der Waals surface area (Å²) in [6.45, 7) is 6.11. The Kier molecular flexibility index (Phi) is 2.40. The van der Waals surface area contributed by atoms with Crippen LogP contribution in [0.1, 0.15) is 33.6 Å². The molecule has 0 aromatic heterocycles. The van der Waals surface area contributed by atoms with Crippen LogP contribution in [0.25, 0.3) is 0 Å². The largest absolute Gasteiger partial charge is 0.444 e. The Balaban J connectivity index is 1.96. The summed E-state index contributed by atoms with van der Waals surface area (Å²) in [4.78, 5) is 13.3. The SMILES string of the molecule is CC(C)(C)OC(=O)N1CCC[C@@H]2C1[C@H]2F. The second-order valence-corrected chi connectivity index (χ2v) is 5.41. The van der Waals surface area contributed by atoms with Gasteiger partial charge in [-0.25, -0.2) is 9.18 Å². The van der Waals surface area contributed by atoms with Crippen molar-refractivity contribution in [3.8, 4) is 0 Å². The van der Waals surface area contributed by atoms with E-state index in [4.69, 9.17) is 4.74 Å². The van der Waals surface area contributed by atoms with Crippen LogP contribution >= 0.6 is 0 Å². The lowest BCUT2D eigenvalue weighted by Crippen LogP contribution is -2.41. The Labute approximate surface area is 89.6 Å². The summed E-state index contributed by atoms with van der Waals surface area (Å²) < 4.78 is 18.5. The van der Waals surface area contributed by atoms with E-state index in [1.807, 2.05) is 20.8 Å². The van der Waals surface area contributed by atoms with Gasteiger partial charge < -0.3 is 9.64 Å². The van der Waals surface area contributed by atoms with Crippen molar-refractivity contribution in [1.29, 1.82) is 0 Å². The minimum atomic E-state index is -0.819. The summed E-state index contributed by atoms with van der Waals surface area (Å²) in [7, 11) is 0. The zero-order valence-electron chi connectivity index (χ0n) is 9.50. The average Bonchev–Trinajstić information content (AvgIpc) is 2.75. The molecule has 1 amide bonds. The Hall–Kier alpha value is -0.800. The fourth-order valence-corrected chi connectivity index (χ4v) is 2.23. The normalized spacial score (nSPS) is 34.7. The number of fused-ring (bicyclic) bond motifs is 1. The lowest BCUT2D eigenvalue weighted by Gasteiger charge is -2.29. The standard InChI is InChI=1S/C11H18FNO2/c1-11(2,3)15-10(14)13-6-4-5-7-8(12)9(7)13/h7-9H,4-6H2,1-3H3/t7-,8-,9?/m0/s1. The highest BCUT2D eigenvalue weighted by Crippen LogP contribution is 2.46. The first kappa shape index (κ1) is 10.7. The van der Waals surface area contributed by atoms with E-state index in [9.17, 15) is 9.18 Å². The molecule has 0 bridgehead atoms. The molecule has 1 aliphatic carbocycles. The van der Waals surface area contributed by atoms with Crippen LogP contribution in [0.4, 0.5) is 9.18 Å². The third-order valence-electron chi connectivity index (χ3n) is 2.96. The van der Waals surface area contributed by atoms with Crippen molar-refractivity contribution < 1.29 is 13.9 Å². The molecule has 2 fully saturated rings. The first-order valence-corrected chi connectivity index (χ1v) is 5.54. The highest BCUT2D eigenvalue weighted by molar-refractivity contribution is 5.69. The molecular formula is C11H18FNO2.